The third-order valence-electron chi connectivity index (χ3n) is 13.3. The zero-order chi connectivity index (χ0) is 46.1. The predicted molar refractivity (Wildman–Crippen MR) is 270 cm³/mol. The maximum absolute atomic E-state index is 12.8. The van der Waals surface area contributed by atoms with Crippen LogP contribution < -0.4 is 0 Å². The number of esters is 3. The Bertz CT molecular complexity index is 964. The summed E-state index contributed by atoms with van der Waals surface area (Å²) >= 11 is 0. The standard InChI is InChI=1S/C57H110O6/c1-6-8-9-10-11-12-27-34-39-44-49-57(60)63-54(51-62-56(59)48-43-38-33-29-24-23-26-31-36-41-46-53(5)7-2)50-61-55(58)47-42-37-32-28-22-20-18-16-14-13-15-17-19-21-25-30-35-40-45-52(3)4/h52-54H,6-51H2,1-5H3/t53?,54-/m0/s1. The van der Waals surface area contributed by atoms with E-state index in [9.17, 15) is 14.4 Å². The highest BCUT2D eigenvalue weighted by Gasteiger charge is 2.19. The molecule has 0 saturated carbocycles. The molecule has 0 amide bonds. The van der Waals surface area contributed by atoms with Gasteiger partial charge in [-0.25, -0.2) is 0 Å². The second-order valence-electron chi connectivity index (χ2n) is 20.3. The summed E-state index contributed by atoms with van der Waals surface area (Å²) in [6.07, 6.45) is 52.3. The van der Waals surface area contributed by atoms with E-state index >= 15 is 0 Å². The first-order valence-electron chi connectivity index (χ1n) is 28.3. The third kappa shape index (κ3) is 49.7. The number of rotatable bonds is 51. The lowest BCUT2D eigenvalue weighted by molar-refractivity contribution is -0.167. The van der Waals surface area contributed by atoms with Crippen molar-refractivity contribution < 1.29 is 28.6 Å². The number of carbonyl (C=O) groups excluding carboxylic acids is 3. The summed E-state index contributed by atoms with van der Waals surface area (Å²) in [6, 6.07) is 0. The molecule has 0 aliphatic rings. The van der Waals surface area contributed by atoms with Crippen molar-refractivity contribution in [3.8, 4) is 0 Å². The molecule has 0 aromatic heterocycles. The van der Waals surface area contributed by atoms with E-state index in [1.807, 2.05) is 0 Å². The molecule has 0 aliphatic heterocycles. The van der Waals surface area contributed by atoms with Gasteiger partial charge in [-0.3, -0.25) is 14.4 Å². The molecule has 0 aromatic carbocycles. The maximum Gasteiger partial charge on any atom is 0.306 e. The Morgan fingerprint density at radius 1 is 0.333 bits per heavy atom. The minimum atomic E-state index is -0.761. The van der Waals surface area contributed by atoms with Gasteiger partial charge in [0.25, 0.3) is 0 Å². The molecule has 0 aliphatic carbocycles. The molecule has 374 valence electrons. The molecule has 0 spiro atoms. The summed E-state index contributed by atoms with van der Waals surface area (Å²) in [5, 5.41) is 0. The lowest BCUT2D eigenvalue weighted by Crippen LogP contribution is -2.30. The fourth-order valence-corrected chi connectivity index (χ4v) is 8.66. The maximum atomic E-state index is 12.8. The fraction of sp³-hybridized carbons (Fsp3) is 0.947. The average Bonchev–Trinajstić information content (AvgIpc) is 3.27. The van der Waals surface area contributed by atoms with Gasteiger partial charge in [0.05, 0.1) is 0 Å². The number of ether oxygens (including phenoxy) is 3. The largest absolute Gasteiger partial charge is 0.462 e. The van der Waals surface area contributed by atoms with Gasteiger partial charge in [-0.2, -0.15) is 0 Å². The van der Waals surface area contributed by atoms with Crippen LogP contribution in [-0.2, 0) is 28.6 Å². The van der Waals surface area contributed by atoms with Gasteiger partial charge in [-0.1, -0.05) is 279 Å². The number of hydrogen-bond donors (Lipinski definition) is 0. The highest BCUT2D eigenvalue weighted by molar-refractivity contribution is 5.71. The molecule has 6 heteroatoms. The van der Waals surface area contributed by atoms with Gasteiger partial charge in [-0.05, 0) is 31.1 Å². The molecule has 0 fully saturated rings. The lowest BCUT2D eigenvalue weighted by Gasteiger charge is -2.18. The third-order valence-corrected chi connectivity index (χ3v) is 13.3. The molecule has 0 N–H and O–H groups in total. The van der Waals surface area contributed by atoms with Gasteiger partial charge in [0, 0.05) is 19.3 Å². The Balaban J connectivity index is 4.19. The van der Waals surface area contributed by atoms with Gasteiger partial charge in [0.2, 0.25) is 0 Å². The van der Waals surface area contributed by atoms with Crippen LogP contribution in [0.2, 0.25) is 0 Å². The molecule has 0 rings (SSSR count). The highest BCUT2D eigenvalue weighted by Crippen LogP contribution is 2.18. The first-order chi connectivity index (χ1) is 30.8. The van der Waals surface area contributed by atoms with Crippen molar-refractivity contribution in [2.24, 2.45) is 11.8 Å². The van der Waals surface area contributed by atoms with Gasteiger partial charge in [0.15, 0.2) is 6.10 Å². The minimum Gasteiger partial charge on any atom is -0.462 e. The second kappa shape index (κ2) is 49.8. The van der Waals surface area contributed by atoms with Crippen LogP contribution in [0.1, 0.15) is 317 Å². The summed E-state index contributed by atoms with van der Waals surface area (Å²) in [4.78, 5) is 38.0. The first kappa shape index (κ1) is 61.4. The molecular weight excluding hydrogens is 781 g/mol. The van der Waals surface area contributed by atoms with Gasteiger partial charge < -0.3 is 14.2 Å². The number of hydrogen-bond acceptors (Lipinski definition) is 6. The lowest BCUT2D eigenvalue weighted by atomic mass is 9.99. The molecule has 0 aromatic rings. The molecule has 0 bridgehead atoms. The smallest absolute Gasteiger partial charge is 0.306 e. The van der Waals surface area contributed by atoms with Crippen molar-refractivity contribution in [3.05, 3.63) is 0 Å². The number of unbranched alkanes of at least 4 members (excludes halogenated alkanes) is 35. The van der Waals surface area contributed by atoms with Crippen molar-refractivity contribution in [3.63, 3.8) is 0 Å². The second-order valence-corrected chi connectivity index (χ2v) is 20.3. The molecule has 2 atom stereocenters. The van der Waals surface area contributed by atoms with E-state index < -0.39 is 6.10 Å². The summed E-state index contributed by atoms with van der Waals surface area (Å²) in [5.74, 6) is 0.885. The summed E-state index contributed by atoms with van der Waals surface area (Å²) in [5.41, 5.74) is 0. The van der Waals surface area contributed by atoms with Gasteiger partial charge >= 0.3 is 17.9 Å². The zero-order valence-electron chi connectivity index (χ0n) is 43.2. The Labute approximate surface area is 393 Å². The fourth-order valence-electron chi connectivity index (χ4n) is 8.66. The van der Waals surface area contributed by atoms with Gasteiger partial charge in [0.1, 0.15) is 13.2 Å². The summed E-state index contributed by atoms with van der Waals surface area (Å²) in [7, 11) is 0. The van der Waals surface area contributed by atoms with E-state index in [1.54, 1.807) is 0 Å². The van der Waals surface area contributed by atoms with Crippen LogP contribution in [0.5, 0.6) is 0 Å². The van der Waals surface area contributed by atoms with Crippen molar-refractivity contribution in [1.29, 1.82) is 0 Å². The molecule has 0 heterocycles. The molecule has 6 nitrogen and oxygen atoms in total. The monoisotopic (exact) mass is 891 g/mol. The van der Waals surface area contributed by atoms with E-state index in [1.165, 1.54) is 205 Å². The normalized spacial score (nSPS) is 12.5. The van der Waals surface area contributed by atoms with E-state index in [0.29, 0.717) is 19.3 Å². The Morgan fingerprint density at radius 2 is 0.603 bits per heavy atom. The minimum absolute atomic E-state index is 0.0631. The summed E-state index contributed by atoms with van der Waals surface area (Å²) in [6.45, 7) is 11.4. The molecular formula is C57H110O6. The van der Waals surface area contributed by atoms with Crippen molar-refractivity contribution in [1.82, 2.24) is 0 Å². The van der Waals surface area contributed by atoms with Crippen LogP contribution in [0.25, 0.3) is 0 Å². The molecule has 1 unspecified atom stereocenters. The molecule has 63 heavy (non-hydrogen) atoms. The zero-order valence-corrected chi connectivity index (χ0v) is 43.2. The van der Waals surface area contributed by atoms with Crippen LogP contribution in [0.3, 0.4) is 0 Å². The average molecular weight is 892 g/mol. The quantitative estimate of drug-likeness (QED) is 0.0344. The Kier molecular flexibility index (Phi) is 48.6. The highest BCUT2D eigenvalue weighted by atomic mass is 16.6. The van der Waals surface area contributed by atoms with E-state index in [4.69, 9.17) is 14.2 Å². The SMILES string of the molecule is CCCCCCCCCCCCC(=O)O[C@@H](COC(=O)CCCCCCCCCCCCCCCCCCCCC(C)C)COC(=O)CCCCCCCCCCCCC(C)CC. The topological polar surface area (TPSA) is 78.9 Å². The van der Waals surface area contributed by atoms with Crippen LogP contribution in [0.4, 0.5) is 0 Å². The van der Waals surface area contributed by atoms with E-state index in [2.05, 4.69) is 34.6 Å². The first-order valence-corrected chi connectivity index (χ1v) is 28.3. The van der Waals surface area contributed by atoms with Crippen LogP contribution in [0, 0.1) is 11.8 Å². The number of carbonyl (C=O) groups is 3. The summed E-state index contributed by atoms with van der Waals surface area (Å²) < 4.78 is 16.8. The van der Waals surface area contributed by atoms with Crippen LogP contribution >= 0.6 is 0 Å². The van der Waals surface area contributed by atoms with Gasteiger partial charge in [-0.15, -0.1) is 0 Å². The Morgan fingerprint density at radius 3 is 0.905 bits per heavy atom. The van der Waals surface area contributed by atoms with Crippen molar-refractivity contribution >= 4 is 17.9 Å². The van der Waals surface area contributed by atoms with E-state index in [0.717, 1.165) is 69.6 Å². The predicted octanol–water partition coefficient (Wildman–Crippen LogP) is 18.5. The van der Waals surface area contributed by atoms with E-state index in [-0.39, 0.29) is 31.1 Å². The Hall–Kier alpha value is -1.59. The van der Waals surface area contributed by atoms with Crippen LogP contribution in [-0.4, -0.2) is 37.2 Å². The molecule has 0 saturated heterocycles. The molecule has 0 radical (unpaired) electrons. The van der Waals surface area contributed by atoms with Crippen molar-refractivity contribution in [2.75, 3.05) is 13.2 Å². The van der Waals surface area contributed by atoms with Crippen molar-refractivity contribution in [2.45, 2.75) is 323 Å². The van der Waals surface area contributed by atoms with Crippen LogP contribution in [0.15, 0.2) is 0 Å².